The van der Waals surface area contributed by atoms with E-state index in [9.17, 15) is 4.79 Å². The van der Waals surface area contributed by atoms with E-state index >= 15 is 0 Å². The van der Waals surface area contributed by atoms with Crippen molar-refractivity contribution in [1.82, 2.24) is 9.88 Å². The lowest BCUT2D eigenvalue weighted by atomic mass is 10.1. The fourth-order valence-corrected chi connectivity index (χ4v) is 2.59. The topological polar surface area (TPSA) is 42.4 Å². The molecule has 20 heavy (non-hydrogen) atoms. The Kier molecular flexibility index (Phi) is 3.63. The summed E-state index contributed by atoms with van der Waals surface area (Å²) in [5.41, 5.74) is 0.973. The monoisotopic (exact) mass is 268 g/mol. The summed E-state index contributed by atoms with van der Waals surface area (Å²) in [5.74, 6) is 1.33. The number of carbonyl (C=O) groups excluding carboxylic acids is 1. The van der Waals surface area contributed by atoms with Crippen molar-refractivity contribution < 1.29 is 9.53 Å². The maximum Gasteiger partial charge on any atom is 0.224 e. The Morgan fingerprint density at radius 3 is 2.85 bits per heavy atom. The molecule has 1 aromatic heterocycles. The SMILES string of the molecule is O=CN1CCCC1c1cccnc1Oc1ccccc1. The van der Waals surface area contributed by atoms with Gasteiger partial charge < -0.3 is 9.64 Å². The molecule has 0 bridgehead atoms. The standard InChI is InChI=1S/C16H16N2O2/c19-12-18-11-5-9-15(18)14-8-4-10-17-16(14)20-13-6-2-1-3-7-13/h1-4,6-8,10,12,15H,5,9,11H2. The molecule has 0 radical (unpaired) electrons. The molecule has 1 fully saturated rings. The zero-order valence-corrected chi connectivity index (χ0v) is 11.1. The molecule has 4 heteroatoms. The van der Waals surface area contributed by atoms with Crippen LogP contribution in [0.15, 0.2) is 48.7 Å². The number of hydrogen-bond acceptors (Lipinski definition) is 3. The summed E-state index contributed by atoms with van der Waals surface area (Å²) in [7, 11) is 0. The molecular weight excluding hydrogens is 252 g/mol. The third-order valence-corrected chi connectivity index (χ3v) is 3.55. The van der Waals surface area contributed by atoms with Gasteiger partial charge in [0.15, 0.2) is 0 Å². The minimum absolute atomic E-state index is 0.0694. The predicted molar refractivity (Wildman–Crippen MR) is 75.5 cm³/mol. The average molecular weight is 268 g/mol. The minimum Gasteiger partial charge on any atom is -0.439 e. The van der Waals surface area contributed by atoms with Crippen molar-refractivity contribution in [3.05, 3.63) is 54.2 Å². The first-order chi connectivity index (χ1) is 9.88. The predicted octanol–water partition coefficient (Wildman–Crippen LogP) is 3.17. The van der Waals surface area contributed by atoms with Gasteiger partial charge in [0.05, 0.1) is 6.04 Å². The zero-order chi connectivity index (χ0) is 13.8. The lowest BCUT2D eigenvalue weighted by molar-refractivity contribution is -0.118. The maximum absolute atomic E-state index is 11.1. The number of pyridine rings is 1. The molecule has 0 N–H and O–H groups in total. The Morgan fingerprint density at radius 2 is 2.05 bits per heavy atom. The van der Waals surface area contributed by atoms with Crippen LogP contribution in [0, 0.1) is 0 Å². The highest BCUT2D eigenvalue weighted by Crippen LogP contribution is 2.36. The summed E-state index contributed by atoms with van der Waals surface area (Å²) in [6.07, 6.45) is 4.59. The van der Waals surface area contributed by atoms with Gasteiger partial charge in [-0.3, -0.25) is 4.79 Å². The maximum atomic E-state index is 11.1. The quantitative estimate of drug-likeness (QED) is 0.800. The molecule has 2 aromatic rings. The van der Waals surface area contributed by atoms with Gasteiger partial charge in [0.2, 0.25) is 12.3 Å². The lowest BCUT2D eigenvalue weighted by Crippen LogP contribution is -2.21. The summed E-state index contributed by atoms with van der Waals surface area (Å²) in [6.45, 7) is 0.799. The van der Waals surface area contributed by atoms with E-state index in [2.05, 4.69) is 4.98 Å². The van der Waals surface area contributed by atoms with Gasteiger partial charge in [-0.1, -0.05) is 24.3 Å². The van der Waals surface area contributed by atoms with Crippen molar-refractivity contribution in [1.29, 1.82) is 0 Å². The summed E-state index contributed by atoms with van der Waals surface area (Å²) in [5, 5.41) is 0. The van der Waals surface area contributed by atoms with Crippen LogP contribution in [-0.2, 0) is 4.79 Å². The second kappa shape index (κ2) is 5.74. The van der Waals surface area contributed by atoms with Gasteiger partial charge in [0.1, 0.15) is 5.75 Å². The van der Waals surface area contributed by atoms with Crippen LogP contribution in [0.2, 0.25) is 0 Å². The fraction of sp³-hybridized carbons (Fsp3) is 0.250. The number of para-hydroxylation sites is 1. The Bertz CT molecular complexity index is 586. The van der Waals surface area contributed by atoms with E-state index in [1.807, 2.05) is 47.4 Å². The van der Waals surface area contributed by atoms with E-state index in [-0.39, 0.29) is 6.04 Å². The molecule has 0 aliphatic carbocycles. The number of rotatable bonds is 4. The van der Waals surface area contributed by atoms with Gasteiger partial charge in [-0.2, -0.15) is 0 Å². The molecule has 3 rings (SSSR count). The van der Waals surface area contributed by atoms with Gasteiger partial charge in [-0.05, 0) is 31.0 Å². The van der Waals surface area contributed by atoms with E-state index in [0.29, 0.717) is 5.88 Å². The number of hydrogen-bond donors (Lipinski definition) is 0. The Labute approximate surface area is 118 Å². The van der Waals surface area contributed by atoms with Crippen LogP contribution >= 0.6 is 0 Å². The van der Waals surface area contributed by atoms with Gasteiger partial charge in [-0.15, -0.1) is 0 Å². The molecule has 0 spiro atoms. The first-order valence-corrected chi connectivity index (χ1v) is 6.77. The smallest absolute Gasteiger partial charge is 0.224 e. The van der Waals surface area contributed by atoms with E-state index in [1.54, 1.807) is 6.20 Å². The highest BCUT2D eigenvalue weighted by Gasteiger charge is 2.27. The number of carbonyl (C=O) groups is 1. The number of aromatic nitrogens is 1. The van der Waals surface area contributed by atoms with Crippen molar-refractivity contribution >= 4 is 6.41 Å². The van der Waals surface area contributed by atoms with E-state index < -0.39 is 0 Å². The molecule has 2 heterocycles. The molecule has 1 unspecified atom stereocenters. The van der Waals surface area contributed by atoms with Crippen LogP contribution in [0.25, 0.3) is 0 Å². The van der Waals surface area contributed by atoms with Crippen LogP contribution in [0.4, 0.5) is 0 Å². The number of ether oxygens (including phenoxy) is 1. The van der Waals surface area contributed by atoms with Crippen LogP contribution in [-0.4, -0.2) is 22.8 Å². The normalized spacial score (nSPS) is 18.0. The first-order valence-electron chi connectivity index (χ1n) is 6.77. The van der Waals surface area contributed by atoms with Crippen molar-refractivity contribution in [3.63, 3.8) is 0 Å². The largest absolute Gasteiger partial charge is 0.439 e. The zero-order valence-electron chi connectivity index (χ0n) is 11.1. The molecule has 1 atom stereocenters. The minimum atomic E-state index is 0.0694. The van der Waals surface area contributed by atoms with Gasteiger partial charge >= 0.3 is 0 Å². The van der Waals surface area contributed by atoms with E-state index in [4.69, 9.17) is 4.74 Å². The van der Waals surface area contributed by atoms with Gasteiger partial charge in [-0.25, -0.2) is 4.98 Å². The molecule has 4 nitrogen and oxygen atoms in total. The van der Waals surface area contributed by atoms with Gasteiger partial charge in [0, 0.05) is 18.3 Å². The highest BCUT2D eigenvalue weighted by atomic mass is 16.5. The fourth-order valence-electron chi connectivity index (χ4n) is 2.59. The number of benzene rings is 1. The third-order valence-electron chi connectivity index (χ3n) is 3.55. The Hall–Kier alpha value is -2.36. The van der Waals surface area contributed by atoms with Crippen molar-refractivity contribution in [2.75, 3.05) is 6.54 Å². The summed E-state index contributed by atoms with van der Waals surface area (Å²) < 4.78 is 5.86. The molecule has 1 aromatic carbocycles. The molecule has 102 valence electrons. The molecule has 1 saturated heterocycles. The molecule has 1 amide bonds. The second-order valence-electron chi connectivity index (χ2n) is 4.81. The van der Waals surface area contributed by atoms with Crippen LogP contribution in [0.1, 0.15) is 24.4 Å². The highest BCUT2D eigenvalue weighted by molar-refractivity contribution is 5.50. The molecule has 1 aliphatic rings. The Balaban J connectivity index is 1.90. The second-order valence-corrected chi connectivity index (χ2v) is 4.81. The van der Waals surface area contributed by atoms with Crippen LogP contribution in [0.3, 0.4) is 0 Å². The van der Waals surface area contributed by atoms with Crippen molar-refractivity contribution in [2.24, 2.45) is 0 Å². The van der Waals surface area contributed by atoms with E-state index in [1.165, 1.54) is 0 Å². The molecule has 0 saturated carbocycles. The van der Waals surface area contributed by atoms with E-state index in [0.717, 1.165) is 37.1 Å². The lowest BCUT2D eigenvalue weighted by Gasteiger charge is -2.21. The van der Waals surface area contributed by atoms with Crippen LogP contribution in [0.5, 0.6) is 11.6 Å². The number of amides is 1. The third kappa shape index (κ3) is 2.50. The van der Waals surface area contributed by atoms with Gasteiger partial charge in [0.25, 0.3) is 0 Å². The number of likely N-dealkylation sites (tertiary alicyclic amines) is 1. The average Bonchev–Trinajstić information content (AvgIpc) is 2.97. The number of nitrogens with zero attached hydrogens (tertiary/aromatic N) is 2. The Morgan fingerprint density at radius 1 is 1.20 bits per heavy atom. The van der Waals surface area contributed by atoms with Crippen molar-refractivity contribution in [3.8, 4) is 11.6 Å². The van der Waals surface area contributed by atoms with Crippen LogP contribution < -0.4 is 4.74 Å². The summed E-state index contributed by atoms with van der Waals surface area (Å²) in [4.78, 5) is 17.3. The summed E-state index contributed by atoms with van der Waals surface area (Å²) >= 11 is 0. The molecular formula is C16H16N2O2. The summed E-state index contributed by atoms with van der Waals surface area (Å²) in [6, 6.07) is 13.5. The first kappa shape index (κ1) is 12.7. The molecule has 1 aliphatic heterocycles. The van der Waals surface area contributed by atoms with Crippen molar-refractivity contribution in [2.45, 2.75) is 18.9 Å².